The maximum Gasteiger partial charge on any atom is 0.191 e. The van der Waals surface area contributed by atoms with E-state index in [0.29, 0.717) is 23.1 Å². The van der Waals surface area contributed by atoms with Crippen LogP contribution in [0, 0.1) is 5.82 Å². The maximum absolute atomic E-state index is 13.7. The Bertz CT molecular complexity index is 719. The van der Waals surface area contributed by atoms with Gasteiger partial charge in [0, 0.05) is 31.3 Å². The molecule has 25 heavy (non-hydrogen) atoms. The van der Waals surface area contributed by atoms with Crippen LogP contribution in [0.5, 0.6) is 0 Å². The van der Waals surface area contributed by atoms with Crippen LogP contribution < -0.4 is 10.6 Å². The Balaban J connectivity index is 1.96. The maximum atomic E-state index is 13.7. The molecule has 0 radical (unpaired) electrons. The van der Waals surface area contributed by atoms with Gasteiger partial charge in [0.15, 0.2) is 5.96 Å². The smallest absolute Gasteiger partial charge is 0.191 e. The van der Waals surface area contributed by atoms with Crippen LogP contribution in [-0.4, -0.2) is 20.1 Å². The Morgan fingerprint density at radius 3 is 2.60 bits per heavy atom. The molecule has 0 heterocycles. The Labute approximate surface area is 153 Å². The topological polar surface area (TPSA) is 45.7 Å². The average Bonchev–Trinajstić information content (AvgIpc) is 2.61. The number of nitrogens with one attached hydrogen (secondary N) is 2. The summed E-state index contributed by atoms with van der Waals surface area (Å²) in [6, 6.07) is 12.7. The second-order valence-electron chi connectivity index (χ2n) is 5.70. The summed E-state index contributed by atoms with van der Waals surface area (Å²) in [7, 11) is 3.26. The van der Waals surface area contributed by atoms with E-state index < -0.39 is 0 Å². The number of rotatable bonds is 6. The molecule has 0 spiro atoms. The van der Waals surface area contributed by atoms with Crippen molar-refractivity contribution in [1.82, 2.24) is 10.6 Å². The molecule has 0 saturated carbocycles. The lowest BCUT2D eigenvalue weighted by Crippen LogP contribution is -2.38. The summed E-state index contributed by atoms with van der Waals surface area (Å²) >= 11 is 5.92. The largest absolute Gasteiger partial charge is 0.380 e. The summed E-state index contributed by atoms with van der Waals surface area (Å²) in [4.78, 5) is 4.23. The van der Waals surface area contributed by atoms with Gasteiger partial charge in [-0.1, -0.05) is 29.8 Å². The van der Waals surface area contributed by atoms with Gasteiger partial charge in [0.05, 0.1) is 12.6 Å². The molecule has 4 nitrogen and oxygen atoms in total. The number of guanidine groups is 1. The van der Waals surface area contributed by atoms with Crippen LogP contribution in [0.4, 0.5) is 4.39 Å². The fraction of sp³-hybridized carbons (Fsp3) is 0.316. The third-order valence-electron chi connectivity index (χ3n) is 3.82. The molecule has 1 atom stereocenters. The lowest BCUT2D eigenvalue weighted by molar-refractivity contribution is 0.181. The fourth-order valence-electron chi connectivity index (χ4n) is 2.42. The van der Waals surface area contributed by atoms with Gasteiger partial charge < -0.3 is 15.4 Å². The molecule has 0 aliphatic heterocycles. The highest BCUT2D eigenvalue weighted by Crippen LogP contribution is 2.16. The van der Waals surface area contributed by atoms with E-state index in [0.717, 1.165) is 11.1 Å². The molecule has 0 aliphatic carbocycles. The molecule has 0 aliphatic rings. The third kappa shape index (κ3) is 5.73. The highest BCUT2D eigenvalue weighted by Gasteiger charge is 2.08. The van der Waals surface area contributed by atoms with Gasteiger partial charge in [-0.2, -0.15) is 0 Å². The summed E-state index contributed by atoms with van der Waals surface area (Å²) in [6.07, 6.45) is 0. The van der Waals surface area contributed by atoms with Crippen LogP contribution in [0.3, 0.4) is 0 Å². The van der Waals surface area contributed by atoms with Gasteiger partial charge >= 0.3 is 0 Å². The average molecular weight is 364 g/mol. The van der Waals surface area contributed by atoms with E-state index in [1.807, 2.05) is 31.2 Å². The monoisotopic (exact) mass is 363 g/mol. The normalized spacial score (nSPS) is 12.8. The Kier molecular flexibility index (Phi) is 7.22. The number of benzene rings is 2. The van der Waals surface area contributed by atoms with E-state index in [4.69, 9.17) is 16.3 Å². The summed E-state index contributed by atoms with van der Waals surface area (Å²) in [5.41, 5.74) is 2.60. The Hall–Kier alpha value is -2.11. The van der Waals surface area contributed by atoms with Gasteiger partial charge in [-0.25, -0.2) is 4.39 Å². The van der Waals surface area contributed by atoms with E-state index in [1.54, 1.807) is 26.3 Å². The zero-order valence-corrected chi connectivity index (χ0v) is 15.4. The van der Waals surface area contributed by atoms with Crippen LogP contribution in [-0.2, 0) is 17.9 Å². The van der Waals surface area contributed by atoms with E-state index in [-0.39, 0.29) is 18.5 Å². The molecule has 6 heteroatoms. The Morgan fingerprint density at radius 1 is 1.24 bits per heavy atom. The number of halogens is 2. The molecule has 0 amide bonds. The number of methoxy groups -OCH3 is 1. The number of aliphatic imine (C=N–C) groups is 1. The minimum Gasteiger partial charge on any atom is -0.380 e. The summed E-state index contributed by atoms with van der Waals surface area (Å²) in [6.45, 7) is 2.83. The summed E-state index contributed by atoms with van der Waals surface area (Å²) in [5, 5.41) is 7.27. The van der Waals surface area contributed by atoms with E-state index in [9.17, 15) is 4.39 Å². The molecule has 0 saturated heterocycles. The summed E-state index contributed by atoms with van der Waals surface area (Å²) < 4.78 is 18.7. The first-order valence-corrected chi connectivity index (χ1v) is 8.40. The van der Waals surface area contributed by atoms with Crippen LogP contribution in [0.2, 0.25) is 5.02 Å². The van der Waals surface area contributed by atoms with E-state index in [2.05, 4.69) is 15.6 Å². The second-order valence-corrected chi connectivity index (χ2v) is 6.14. The van der Waals surface area contributed by atoms with Crippen molar-refractivity contribution in [2.45, 2.75) is 26.1 Å². The standard InChI is InChI=1S/C19H23ClFN3O/c1-13(15-5-7-17(20)8-6-15)24-19(22-2)23-11-14-4-9-18(21)16(10-14)12-25-3/h4-10,13H,11-12H2,1-3H3,(H2,22,23,24). The minimum absolute atomic E-state index is 0.0701. The summed E-state index contributed by atoms with van der Waals surface area (Å²) in [5.74, 6) is 0.407. The third-order valence-corrected chi connectivity index (χ3v) is 4.07. The molecular weight excluding hydrogens is 341 g/mol. The lowest BCUT2D eigenvalue weighted by Gasteiger charge is -2.18. The number of hydrogen-bond acceptors (Lipinski definition) is 2. The molecule has 0 aromatic heterocycles. The van der Waals surface area contributed by atoms with Crippen LogP contribution >= 0.6 is 11.6 Å². The van der Waals surface area contributed by atoms with Crippen LogP contribution in [0.25, 0.3) is 0 Å². The SMILES string of the molecule is CN=C(NCc1ccc(F)c(COC)c1)NC(C)c1ccc(Cl)cc1. The molecule has 0 bridgehead atoms. The number of hydrogen-bond donors (Lipinski definition) is 2. The zero-order chi connectivity index (χ0) is 18.2. The van der Waals surface area contributed by atoms with Crippen molar-refractivity contribution >= 4 is 17.6 Å². The van der Waals surface area contributed by atoms with Crippen molar-refractivity contribution in [3.8, 4) is 0 Å². The van der Waals surface area contributed by atoms with Crippen molar-refractivity contribution in [1.29, 1.82) is 0 Å². The van der Waals surface area contributed by atoms with Crippen molar-refractivity contribution in [2.75, 3.05) is 14.2 Å². The van der Waals surface area contributed by atoms with Gasteiger partial charge in [0.1, 0.15) is 5.82 Å². The molecule has 0 fully saturated rings. The van der Waals surface area contributed by atoms with Crippen molar-refractivity contribution in [3.05, 3.63) is 70.0 Å². The molecule has 2 aromatic rings. The van der Waals surface area contributed by atoms with Crippen molar-refractivity contribution < 1.29 is 9.13 Å². The van der Waals surface area contributed by atoms with Gasteiger partial charge in [-0.3, -0.25) is 4.99 Å². The second kappa shape index (κ2) is 9.39. The predicted molar refractivity (Wildman–Crippen MR) is 100 cm³/mol. The predicted octanol–water partition coefficient (Wildman–Crippen LogP) is 4.05. The minimum atomic E-state index is -0.260. The molecule has 2 aromatic carbocycles. The highest BCUT2D eigenvalue weighted by atomic mass is 35.5. The van der Waals surface area contributed by atoms with Gasteiger partial charge in [0.2, 0.25) is 0 Å². The first-order chi connectivity index (χ1) is 12.0. The quantitative estimate of drug-likeness (QED) is 0.601. The van der Waals surface area contributed by atoms with E-state index >= 15 is 0 Å². The lowest BCUT2D eigenvalue weighted by atomic mass is 10.1. The molecular formula is C19H23ClFN3O. The number of ether oxygens (including phenoxy) is 1. The first kappa shape index (κ1) is 19.2. The van der Waals surface area contributed by atoms with Crippen molar-refractivity contribution in [3.63, 3.8) is 0 Å². The fourth-order valence-corrected chi connectivity index (χ4v) is 2.55. The van der Waals surface area contributed by atoms with Crippen LogP contribution in [0.15, 0.2) is 47.5 Å². The molecule has 2 rings (SSSR count). The first-order valence-electron chi connectivity index (χ1n) is 8.02. The van der Waals surface area contributed by atoms with Gasteiger partial charge in [-0.05, 0) is 42.3 Å². The molecule has 134 valence electrons. The zero-order valence-electron chi connectivity index (χ0n) is 14.6. The van der Waals surface area contributed by atoms with E-state index in [1.165, 1.54) is 6.07 Å². The van der Waals surface area contributed by atoms with Gasteiger partial charge in [0.25, 0.3) is 0 Å². The molecule has 2 N–H and O–H groups in total. The highest BCUT2D eigenvalue weighted by molar-refractivity contribution is 6.30. The Morgan fingerprint density at radius 2 is 1.96 bits per heavy atom. The molecule has 1 unspecified atom stereocenters. The van der Waals surface area contributed by atoms with Gasteiger partial charge in [-0.15, -0.1) is 0 Å². The van der Waals surface area contributed by atoms with Crippen LogP contribution in [0.1, 0.15) is 29.7 Å². The number of nitrogens with zero attached hydrogens (tertiary/aromatic N) is 1. The van der Waals surface area contributed by atoms with Crippen molar-refractivity contribution in [2.24, 2.45) is 4.99 Å².